The Balaban J connectivity index is 1.95. The number of hydrogen-bond acceptors (Lipinski definition) is 1. The molecular weight excluding hydrogens is 390 g/mol. The van der Waals surface area contributed by atoms with Gasteiger partial charge in [-0.15, -0.1) is 0 Å². The van der Waals surface area contributed by atoms with Crippen molar-refractivity contribution < 1.29 is 4.79 Å². The molecule has 2 heteroatoms. The first-order valence-corrected chi connectivity index (χ1v) is 12.0. The molecule has 0 aliphatic rings. The molecule has 0 bridgehead atoms. The smallest absolute Gasteiger partial charge is 0.223 e. The number of carbonyl (C=O) groups is 1. The number of aryl methyl sites for hydroxylation is 1. The lowest BCUT2D eigenvalue weighted by atomic mass is 10.1. The van der Waals surface area contributed by atoms with Gasteiger partial charge < -0.3 is 5.32 Å². The van der Waals surface area contributed by atoms with Gasteiger partial charge >= 0.3 is 0 Å². The number of amides is 1. The Kier molecular flexibility index (Phi) is 18.1. The summed E-state index contributed by atoms with van der Waals surface area (Å²) in [7, 11) is 0. The summed E-state index contributed by atoms with van der Waals surface area (Å²) in [6.07, 6.45) is 34.4. The van der Waals surface area contributed by atoms with Crippen LogP contribution < -0.4 is 5.32 Å². The quantitative estimate of drug-likeness (QED) is 0.198. The Labute approximate surface area is 196 Å². The second kappa shape index (κ2) is 21.4. The second-order valence-corrected chi connectivity index (χ2v) is 7.56. The number of rotatable bonds is 17. The summed E-state index contributed by atoms with van der Waals surface area (Å²) in [5, 5.41) is 2.98. The molecule has 1 aromatic carbocycles. The van der Waals surface area contributed by atoms with Gasteiger partial charge in [0.25, 0.3) is 0 Å². The molecule has 0 aliphatic carbocycles. The lowest BCUT2D eigenvalue weighted by Crippen LogP contribution is -2.23. The first kappa shape index (κ1) is 27.2. The zero-order valence-electron chi connectivity index (χ0n) is 19.8. The van der Waals surface area contributed by atoms with Gasteiger partial charge in [-0.1, -0.05) is 110 Å². The molecule has 0 aliphatic heterocycles. The predicted octanol–water partition coefficient (Wildman–Crippen LogP) is 7.82. The minimum atomic E-state index is 0.0955. The lowest BCUT2D eigenvalue weighted by molar-refractivity contribution is -0.120. The third-order valence-electron chi connectivity index (χ3n) is 4.71. The molecule has 172 valence electrons. The van der Waals surface area contributed by atoms with Crippen LogP contribution in [0, 0.1) is 0 Å². The maximum atomic E-state index is 11.8. The summed E-state index contributed by atoms with van der Waals surface area (Å²) >= 11 is 0. The van der Waals surface area contributed by atoms with Gasteiger partial charge in [-0.2, -0.15) is 0 Å². The second-order valence-electron chi connectivity index (χ2n) is 7.56. The topological polar surface area (TPSA) is 29.1 Å². The molecule has 0 radical (unpaired) electrons. The van der Waals surface area contributed by atoms with Crippen LogP contribution in [0.3, 0.4) is 0 Å². The van der Waals surface area contributed by atoms with Gasteiger partial charge in [0.15, 0.2) is 0 Å². The molecule has 0 spiro atoms. The maximum Gasteiger partial charge on any atom is 0.223 e. The van der Waals surface area contributed by atoms with Crippen molar-refractivity contribution in [2.24, 2.45) is 0 Å². The predicted molar refractivity (Wildman–Crippen MR) is 141 cm³/mol. The summed E-state index contributed by atoms with van der Waals surface area (Å²) in [4.78, 5) is 11.8. The normalized spacial score (nSPS) is 12.5. The molecule has 1 aromatic rings. The Morgan fingerprint density at radius 2 is 1.16 bits per heavy atom. The molecule has 32 heavy (non-hydrogen) atoms. The molecule has 0 aromatic heterocycles. The van der Waals surface area contributed by atoms with Crippen molar-refractivity contribution in [1.82, 2.24) is 5.32 Å². The summed E-state index contributed by atoms with van der Waals surface area (Å²) in [5.41, 5.74) is 1.32. The van der Waals surface area contributed by atoms with Crippen molar-refractivity contribution in [3.8, 4) is 0 Å². The van der Waals surface area contributed by atoms with E-state index in [0.29, 0.717) is 6.42 Å². The van der Waals surface area contributed by atoms with E-state index >= 15 is 0 Å². The van der Waals surface area contributed by atoms with Gasteiger partial charge in [0, 0.05) is 13.0 Å². The van der Waals surface area contributed by atoms with E-state index in [0.717, 1.165) is 57.9 Å². The average Bonchev–Trinajstić information content (AvgIpc) is 2.82. The van der Waals surface area contributed by atoms with E-state index in [-0.39, 0.29) is 5.91 Å². The number of benzene rings is 1. The van der Waals surface area contributed by atoms with Crippen molar-refractivity contribution in [2.75, 3.05) is 6.54 Å². The SMILES string of the molecule is CC/C=C\C/C=C\C/C=C\C/C=C\C/C=C\C/C=C\CC(=O)NCCCc1ccccc1. The van der Waals surface area contributed by atoms with E-state index in [1.54, 1.807) is 0 Å². The summed E-state index contributed by atoms with van der Waals surface area (Å²) < 4.78 is 0. The van der Waals surface area contributed by atoms with Gasteiger partial charge in [0.05, 0.1) is 0 Å². The van der Waals surface area contributed by atoms with Crippen molar-refractivity contribution in [1.29, 1.82) is 0 Å². The van der Waals surface area contributed by atoms with Crippen molar-refractivity contribution >= 4 is 5.91 Å². The molecule has 0 saturated carbocycles. The number of carbonyl (C=O) groups excluding carboxylic acids is 1. The number of hydrogen-bond donors (Lipinski definition) is 1. The third kappa shape index (κ3) is 17.9. The summed E-state index contributed by atoms with van der Waals surface area (Å²) in [6, 6.07) is 10.4. The Morgan fingerprint density at radius 3 is 1.66 bits per heavy atom. The van der Waals surface area contributed by atoms with E-state index in [1.165, 1.54) is 5.56 Å². The molecule has 1 amide bonds. The van der Waals surface area contributed by atoms with Gasteiger partial charge in [-0.3, -0.25) is 4.79 Å². The van der Waals surface area contributed by atoms with Gasteiger partial charge in [0.1, 0.15) is 0 Å². The third-order valence-corrected chi connectivity index (χ3v) is 4.71. The van der Waals surface area contributed by atoms with Crippen LogP contribution in [0.5, 0.6) is 0 Å². The fraction of sp³-hybridized carbons (Fsp3) is 0.367. The monoisotopic (exact) mass is 431 g/mol. The average molecular weight is 432 g/mol. The molecule has 1 rings (SSSR count). The molecule has 0 unspecified atom stereocenters. The molecule has 0 saturated heterocycles. The van der Waals surface area contributed by atoms with E-state index in [2.05, 4.69) is 103 Å². The van der Waals surface area contributed by atoms with E-state index in [1.807, 2.05) is 12.1 Å². The highest BCUT2D eigenvalue weighted by Gasteiger charge is 1.97. The van der Waals surface area contributed by atoms with Gasteiger partial charge in [0.2, 0.25) is 5.91 Å². The summed E-state index contributed by atoms with van der Waals surface area (Å²) in [5.74, 6) is 0.0955. The summed E-state index contributed by atoms with van der Waals surface area (Å²) in [6.45, 7) is 2.89. The first-order chi connectivity index (χ1) is 15.8. The van der Waals surface area contributed by atoms with Crippen LogP contribution in [0.1, 0.15) is 63.9 Å². The van der Waals surface area contributed by atoms with Crippen LogP contribution >= 0.6 is 0 Å². The largest absolute Gasteiger partial charge is 0.356 e. The van der Waals surface area contributed by atoms with Crippen LogP contribution in [0.15, 0.2) is 103 Å². The van der Waals surface area contributed by atoms with Crippen molar-refractivity contribution in [2.45, 2.75) is 64.7 Å². The lowest BCUT2D eigenvalue weighted by Gasteiger charge is -2.03. The fourth-order valence-electron chi connectivity index (χ4n) is 2.95. The fourth-order valence-corrected chi connectivity index (χ4v) is 2.95. The highest BCUT2D eigenvalue weighted by molar-refractivity contribution is 5.77. The van der Waals surface area contributed by atoms with Crippen LogP contribution in [-0.4, -0.2) is 12.5 Å². The van der Waals surface area contributed by atoms with Gasteiger partial charge in [-0.05, 0) is 56.9 Å². The van der Waals surface area contributed by atoms with Crippen LogP contribution in [0.4, 0.5) is 0 Å². The van der Waals surface area contributed by atoms with E-state index in [4.69, 9.17) is 0 Å². The highest BCUT2D eigenvalue weighted by Crippen LogP contribution is 2.01. The molecular formula is C30H41NO. The molecule has 2 nitrogen and oxygen atoms in total. The Morgan fingerprint density at radius 1 is 0.688 bits per heavy atom. The highest BCUT2D eigenvalue weighted by atomic mass is 16.1. The van der Waals surface area contributed by atoms with E-state index in [9.17, 15) is 4.79 Å². The van der Waals surface area contributed by atoms with Crippen LogP contribution in [0.2, 0.25) is 0 Å². The molecule has 1 N–H and O–H groups in total. The molecule has 0 atom stereocenters. The van der Waals surface area contributed by atoms with Gasteiger partial charge in [-0.25, -0.2) is 0 Å². The number of nitrogens with one attached hydrogen (secondary N) is 1. The van der Waals surface area contributed by atoms with Crippen molar-refractivity contribution in [3.63, 3.8) is 0 Å². The minimum Gasteiger partial charge on any atom is -0.356 e. The molecule has 0 fully saturated rings. The zero-order valence-corrected chi connectivity index (χ0v) is 19.8. The van der Waals surface area contributed by atoms with E-state index < -0.39 is 0 Å². The Hall–Kier alpha value is -2.87. The standard InChI is InChI=1S/C30H41NO/c1-2-3-4-5-6-7-8-9-10-11-12-13-14-15-16-17-18-22-27-30(32)31-28-23-26-29-24-20-19-21-25-29/h3-4,6-7,9-10,12-13,15-16,18-22,24-25H,2,5,8,11,14,17,23,26-28H2,1H3,(H,31,32)/b4-3-,7-6-,10-9-,13-12-,16-15-,22-18-. The van der Waals surface area contributed by atoms with Crippen molar-refractivity contribution in [3.05, 3.63) is 109 Å². The Bertz CT molecular complexity index is 750. The maximum absolute atomic E-state index is 11.8. The molecule has 0 heterocycles. The zero-order chi connectivity index (χ0) is 23.0. The minimum absolute atomic E-state index is 0.0955. The first-order valence-electron chi connectivity index (χ1n) is 12.0. The van der Waals surface area contributed by atoms with Crippen LogP contribution in [0.25, 0.3) is 0 Å². The van der Waals surface area contributed by atoms with Crippen LogP contribution in [-0.2, 0) is 11.2 Å². The number of allylic oxidation sites excluding steroid dienone is 11.